The molecular formula is C18H21N3O8. The summed E-state index contributed by atoms with van der Waals surface area (Å²) in [5.41, 5.74) is -1.58. The summed E-state index contributed by atoms with van der Waals surface area (Å²) in [6.45, 7) is -0.0575. The van der Waals surface area contributed by atoms with E-state index in [2.05, 4.69) is 5.10 Å². The zero-order valence-electron chi connectivity index (χ0n) is 16.1. The summed E-state index contributed by atoms with van der Waals surface area (Å²) >= 11 is 0. The molecular weight excluding hydrogens is 386 g/mol. The minimum absolute atomic E-state index is 0.0288. The molecule has 2 aromatic rings. The Bertz CT molecular complexity index is 954. The number of benzene rings is 1. The molecule has 156 valence electrons. The largest absolute Gasteiger partial charge is 0.479 e. The van der Waals surface area contributed by atoms with Crippen LogP contribution in [0.1, 0.15) is 11.7 Å². The third-order valence-corrected chi connectivity index (χ3v) is 4.61. The Morgan fingerprint density at radius 3 is 2.55 bits per heavy atom. The van der Waals surface area contributed by atoms with E-state index in [1.54, 1.807) is 0 Å². The van der Waals surface area contributed by atoms with Crippen LogP contribution < -0.4 is 15.0 Å². The lowest BCUT2D eigenvalue weighted by Crippen LogP contribution is -2.60. The molecule has 29 heavy (non-hydrogen) atoms. The Morgan fingerprint density at radius 2 is 1.97 bits per heavy atom. The lowest BCUT2D eigenvalue weighted by Gasteiger charge is -2.44. The first kappa shape index (κ1) is 20.7. The van der Waals surface area contributed by atoms with Crippen molar-refractivity contribution in [1.29, 1.82) is 0 Å². The molecule has 0 saturated carbocycles. The zero-order chi connectivity index (χ0) is 21.2. The molecule has 1 aromatic heterocycles. The highest BCUT2D eigenvalue weighted by Gasteiger charge is 2.51. The number of ether oxygens (including phenoxy) is 4. The molecule has 0 fully saturated rings. The van der Waals surface area contributed by atoms with Gasteiger partial charge < -0.3 is 24.1 Å². The molecule has 0 aliphatic carbocycles. The number of nitro groups is 1. The van der Waals surface area contributed by atoms with Crippen molar-refractivity contribution in [3.05, 3.63) is 56.4 Å². The van der Waals surface area contributed by atoms with E-state index in [1.807, 2.05) is 0 Å². The van der Waals surface area contributed by atoms with Crippen LogP contribution in [0, 0.1) is 10.1 Å². The van der Waals surface area contributed by atoms with E-state index in [-0.39, 0.29) is 41.7 Å². The SMILES string of the molecule is COCC1(COC)Oc2ccc([N+](=O)[O-])cc2[C@@H](Oc2ccc(=O)n(C)n2)[C@@H]1O. The molecule has 11 nitrogen and oxygen atoms in total. The van der Waals surface area contributed by atoms with Crippen LogP contribution in [0.2, 0.25) is 0 Å². The molecule has 11 heteroatoms. The highest BCUT2D eigenvalue weighted by atomic mass is 16.6. The summed E-state index contributed by atoms with van der Waals surface area (Å²) in [4.78, 5) is 22.3. The summed E-state index contributed by atoms with van der Waals surface area (Å²) in [7, 11) is 4.35. The van der Waals surface area contributed by atoms with E-state index < -0.39 is 22.7 Å². The maximum atomic E-state index is 11.6. The first-order valence-electron chi connectivity index (χ1n) is 8.65. The minimum Gasteiger partial charge on any atom is -0.479 e. The van der Waals surface area contributed by atoms with Crippen molar-refractivity contribution in [3.8, 4) is 11.6 Å². The van der Waals surface area contributed by atoms with Gasteiger partial charge in [-0.2, -0.15) is 0 Å². The Balaban J connectivity index is 2.11. The second kappa shape index (κ2) is 8.15. The number of aliphatic hydroxyl groups excluding tert-OH is 1. The third-order valence-electron chi connectivity index (χ3n) is 4.61. The van der Waals surface area contributed by atoms with Gasteiger partial charge in [0.1, 0.15) is 11.9 Å². The molecule has 0 spiro atoms. The monoisotopic (exact) mass is 407 g/mol. The van der Waals surface area contributed by atoms with Gasteiger partial charge in [-0.05, 0) is 6.07 Å². The summed E-state index contributed by atoms with van der Waals surface area (Å²) in [6.07, 6.45) is -2.41. The maximum absolute atomic E-state index is 11.6. The van der Waals surface area contributed by atoms with Crippen molar-refractivity contribution in [3.63, 3.8) is 0 Å². The van der Waals surface area contributed by atoms with Crippen molar-refractivity contribution in [2.24, 2.45) is 7.05 Å². The quantitative estimate of drug-likeness (QED) is 0.517. The number of aromatic nitrogens is 2. The minimum atomic E-state index is -1.32. The predicted octanol–water partition coefficient (Wildman–Crippen LogP) is 0.594. The van der Waals surface area contributed by atoms with Gasteiger partial charge in [0.05, 0.1) is 18.1 Å². The summed E-state index contributed by atoms with van der Waals surface area (Å²) < 4.78 is 23.4. The molecule has 0 amide bonds. The standard InChI is InChI=1S/C18H21N3O8/c1-20-15(22)7-6-14(19-20)28-16-12-8-11(21(24)25)4-5-13(12)29-18(9-26-2,10-27-3)17(16)23/h4-8,16-17,23H,9-10H2,1-3H3/t16-,17+/m1/s1. The Hall–Kier alpha value is -3.02. The number of aliphatic hydroxyl groups is 1. The second-order valence-electron chi connectivity index (χ2n) is 6.63. The molecule has 2 atom stereocenters. The number of nitro benzene ring substituents is 1. The van der Waals surface area contributed by atoms with E-state index >= 15 is 0 Å². The van der Waals surface area contributed by atoms with Crippen molar-refractivity contribution in [2.75, 3.05) is 27.4 Å². The van der Waals surface area contributed by atoms with Crippen LogP contribution in [-0.4, -0.2) is 58.9 Å². The normalized spacial score (nSPS) is 19.9. The van der Waals surface area contributed by atoms with Gasteiger partial charge >= 0.3 is 0 Å². The number of hydrogen-bond acceptors (Lipinski definition) is 9. The maximum Gasteiger partial charge on any atom is 0.270 e. The van der Waals surface area contributed by atoms with E-state index in [0.29, 0.717) is 0 Å². The average molecular weight is 407 g/mol. The van der Waals surface area contributed by atoms with Gasteiger partial charge in [0, 0.05) is 51.1 Å². The predicted molar refractivity (Wildman–Crippen MR) is 99.1 cm³/mol. The third kappa shape index (κ3) is 3.92. The van der Waals surface area contributed by atoms with E-state index in [4.69, 9.17) is 18.9 Å². The molecule has 1 aliphatic heterocycles. The molecule has 3 rings (SSSR count). The zero-order valence-corrected chi connectivity index (χ0v) is 16.1. The Labute approximate surface area is 165 Å². The van der Waals surface area contributed by atoms with E-state index in [9.17, 15) is 20.0 Å². The molecule has 0 radical (unpaired) electrons. The molecule has 1 aromatic carbocycles. The van der Waals surface area contributed by atoms with Crippen LogP contribution >= 0.6 is 0 Å². The number of hydrogen-bond donors (Lipinski definition) is 1. The van der Waals surface area contributed by atoms with Crippen LogP contribution in [0.5, 0.6) is 11.6 Å². The number of methoxy groups -OCH3 is 2. The Kier molecular flexibility index (Phi) is 5.82. The van der Waals surface area contributed by atoms with Crippen LogP contribution in [0.25, 0.3) is 0 Å². The van der Waals surface area contributed by atoms with E-state index in [1.165, 1.54) is 51.6 Å². The van der Waals surface area contributed by atoms with Crippen LogP contribution in [0.15, 0.2) is 35.1 Å². The summed E-state index contributed by atoms with van der Waals surface area (Å²) in [5, 5.41) is 26.4. The lowest BCUT2D eigenvalue weighted by molar-refractivity contribution is -0.385. The van der Waals surface area contributed by atoms with Crippen LogP contribution in [-0.2, 0) is 16.5 Å². The second-order valence-corrected chi connectivity index (χ2v) is 6.63. The number of non-ortho nitro benzene ring substituents is 1. The van der Waals surface area contributed by atoms with Gasteiger partial charge in [-0.3, -0.25) is 14.9 Å². The fourth-order valence-electron chi connectivity index (χ4n) is 3.25. The van der Waals surface area contributed by atoms with Crippen LogP contribution in [0.4, 0.5) is 5.69 Å². The highest BCUT2D eigenvalue weighted by Crippen LogP contribution is 2.43. The number of fused-ring (bicyclic) bond motifs is 1. The fourth-order valence-corrected chi connectivity index (χ4v) is 3.25. The molecule has 0 saturated heterocycles. The topological polar surface area (TPSA) is 135 Å². The Morgan fingerprint density at radius 1 is 1.28 bits per heavy atom. The first-order valence-corrected chi connectivity index (χ1v) is 8.65. The summed E-state index contributed by atoms with van der Waals surface area (Å²) in [5.74, 6) is 0.337. The highest BCUT2D eigenvalue weighted by molar-refractivity contribution is 5.48. The van der Waals surface area contributed by atoms with Crippen LogP contribution in [0.3, 0.4) is 0 Å². The smallest absolute Gasteiger partial charge is 0.270 e. The van der Waals surface area contributed by atoms with Crippen molar-refractivity contribution in [1.82, 2.24) is 9.78 Å². The van der Waals surface area contributed by atoms with Crippen molar-refractivity contribution >= 4 is 5.69 Å². The number of nitrogens with zero attached hydrogens (tertiary/aromatic N) is 3. The van der Waals surface area contributed by atoms with E-state index in [0.717, 1.165) is 4.68 Å². The average Bonchev–Trinajstić information content (AvgIpc) is 2.68. The van der Waals surface area contributed by atoms with Gasteiger partial charge in [-0.1, -0.05) is 0 Å². The molecule has 1 aliphatic rings. The van der Waals surface area contributed by atoms with Gasteiger partial charge in [0.15, 0.2) is 11.7 Å². The molecule has 0 unspecified atom stereocenters. The lowest BCUT2D eigenvalue weighted by atomic mass is 9.86. The van der Waals surface area contributed by atoms with Crippen molar-refractivity contribution in [2.45, 2.75) is 17.8 Å². The number of aryl methyl sites for hydroxylation is 1. The number of rotatable bonds is 7. The summed E-state index contributed by atoms with van der Waals surface area (Å²) in [6, 6.07) is 6.62. The van der Waals surface area contributed by atoms with Gasteiger partial charge in [0.25, 0.3) is 11.2 Å². The van der Waals surface area contributed by atoms with Gasteiger partial charge in [0.2, 0.25) is 5.88 Å². The first-order chi connectivity index (χ1) is 13.8. The fraction of sp³-hybridized carbons (Fsp3) is 0.444. The molecule has 2 heterocycles. The van der Waals surface area contributed by atoms with Gasteiger partial charge in [-0.25, -0.2) is 4.68 Å². The molecule has 1 N–H and O–H groups in total. The van der Waals surface area contributed by atoms with Gasteiger partial charge in [-0.15, -0.1) is 5.10 Å². The van der Waals surface area contributed by atoms with Crippen molar-refractivity contribution < 1.29 is 29.0 Å². The molecule has 0 bridgehead atoms.